The summed E-state index contributed by atoms with van der Waals surface area (Å²) in [4.78, 5) is 17.7. The molecule has 0 unspecified atom stereocenters. The molecule has 0 aliphatic carbocycles. The molecular formula is C15H18N2O. The second-order valence-electron chi connectivity index (χ2n) is 5.22. The van der Waals surface area contributed by atoms with Crippen molar-refractivity contribution in [2.75, 3.05) is 13.1 Å². The summed E-state index contributed by atoms with van der Waals surface area (Å²) < 4.78 is 0. The van der Waals surface area contributed by atoms with Crippen LogP contribution in [0, 0.1) is 5.92 Å². The molecule has 1 fully saturated rings. The summed E-state index contributed by atoms with van der Waals surface area (Å²) in [5.74, 6) is 0.908. The predicted molar refractivity (Wildman–Crippen MR) is 72.6 cm³/mol. The molecule has 3 rings (SSSR count). The van der Waals surface area contributed by atoms with Crippen LogP contribution in [-0.4, -0.2) is 28.9 Å². The first-order chi connectivity index (χ1) is 8.75. The van der Waals surface area contributed by atoms with Gasteiger partial charge in [0, 0.05) is 24.7 Å². The van der Waals surface area contributed by atoms with Crippen LogP contribution in [-0.2, 0) is 0 Å². The molecule has 1 saturated heterocycles. The quantitative estimate of drug-likeness (QED) is 0.819. The minimum absolute atomic E-state index is 0.162. The van der Waals surface area contributed by atoms with Gasteiger partial charge in [0.1, 0.15) is 0 Å². The normalized spacial score (nSPS) is 17.3. The Morgan fingerprint density at radius 2 is 2.06 bits per heavy atom. The molecule has 2 heterocycles. The van der Waals surface area contributed by atoms with Crippen molar-refractivity contribution in [1.82, 2.24) is 9.88 Å². The van der Waals surface area contributed by atoms with Gasteiger partial charge >= 0.3 is 0 Å². The minimum atomic E-state index is 0.162. The Balaban J connectivity index is 1.90. The number of hydrogen-bond acceptors (Lipinski definition) is 1. The Hall–Kier alpha value is -1.77. The Morgan fingerprint density at radius 3 is 2.83 bits per heavy atom. The lowest BCUT2D eigenvalue weighted by Crippen LogP contribution is -2.38. The topological polar surface area (TPSA) is 36.1 Å². The average Bonchev–Trinajstić information content (AvgIpc) is 2.87. The maximum atomic E-state index is 12.5. The van der Waals surface area contributed by atoms with E-state index in [2.05, 4.69) is 11.9 Å². The van der Waals surface area contributed by atoms with Crippen LogP contribution < -0.4 is 0 Å². The summed E-state index contributed by atoms with van der Waals surface area (Å²) in [7, 11) is 0. The summed E-state index contributed by atoms with van der Waals surface area (Å²) >= 11 is 0. The number of amides is 1. The second-order valence-corrected chi connectivity index (χ2v) is 5.22. The molecule has 0 spiro atoms. The molecule has 1 aromatic heterocycles. The highest BCUT2D eigenvalue weighted by atomic mass is 16.2. The first kappa shape index (κ1) is 11.3. The number of aromatic nitrogens is 1. The zero-order valence-corrected chi connectivity index (χ0v) is 10.6. The van der Waals surface area contributed by atoms with Crippen molar-refractivity contribution in [3.8, 4) is 0 Å². The molecule has 2 aromatic rings. The van der Waals surface area contributed by atoms with Crippen molar-refractivity contribution in [3.63, 3.8) is 0 Å². The zero-order chi connectivity index (χ0) is 12.5. The van der Waals surface area contributed by atoms with Gasteiger partial charge in [-0.25, -0.2) is 0 Å². The molecule has 1 aromatic carbocycles. The fraction of sp³-hybridized carbons (Fsp3) is 0.400. The number of benzene rings is 1. The Kier molecular flexibility index (Phi) is 2.82. The minimum Gasteiger partial charge on any atom is -0.361 e. The standard InChI is InChI=1S/C15H18N2O/c1-11-6-9-17(10-7-11)15(18)13-4-2-3-12-5-8-16-14(12)13/h2-5,8,11,16H,6-7,9-10H2,1H3. The Morgan fingerprint density at radius 1 is 1.28 bits per heavy atom. The van der Waals surface area contributed by atoms with Gasteiger partial charge in [-0.2, -0.15) is 0 Å². The van der Waals surface area contributed by atoms with Gasteiger partial charge in [0.15, 0.2) is 0 Å². The molecule has 1 amide bonds. The van der Waals surface area contributed by atoms with Crippen LogP contribution in [0.4, 0.5) is 0 Å². The van der Waals surface area contributed by atoms with E-state index in [4.69, 9.17) is 0 Å². The fourth-order valence-electron chi connectivity index (χ4n) is 2.65. The number of fused-ring (bicyclic) bond motifs is 1. The number of carbonyl (C=O) groups excluding carboxylic acids is 1. The van der Waals surface area contributed by atoms with E-state index in [0.29, 0.717) is 0 Å². The smallest absolute Gasteiger partial charge is 0.255 e. The van der Waals surface area contributed by atoms with Crippen LogP contribution >= 0.6 is 0 Å². The van der Waals surface area contributed by atoms with Crippen LogP contribution in [0.2, 0.25) is 0 Å². The zero-order valence-electron chi connectivity index (χ0n) is 10.6. The highest BCUT2D eigenvalue weighted by molar-refractivity contribution is 6.05. The largest absolute Gasteiger partial charge is 0.361 e. The lowest BCUT2D eigenvalue weighted by atomic mass is 9.98. The highest BCUT2D eigenvalue weighted by Crippen LogP contribution is 2.22. The van der Waals surface area contributed by atoms with Crippen molar-refractivity contribution in [2.45, 2.75) is 19.8 Å². The van der Waals surface area contributed by atoms with Crippen molar-refractivity contribution in [3.05, 3.63) is 36.0 Å². The van der Waals surface area contributed by atoms with Gasteiger partial charge in [-0.1, -0.05) is 19.1 Å². The maximum Gasteiger partial charge on any atom is 0.255 e. The van der Waals surface area contributed by atoms with Gasteiger partial charge in [-0.15, -0.1) is 0 Å². The molecule has 18 heavy (non-hydrogen) atoms. The first-order valence-corrected chi connectivity index (χ1v) is 6.61. The number of likely N-dealkylation sites (tertiary alicyclic amines) is 1. The van der Waals surface area contributed by atoms with Gasteiger partial charge < -0.3 is 9.88 Å². The molecule has 0 radical (unpaired) electrons. The van der Waals surface area contributed by atoms with E-state index in [0.717, 1.165) is 48.3 Å². The Bertz CT molecular complexity index is 565. The summed E-state index contributed by atoms with van der Waals surface area (Å²) in [5.41, 5.74) is 1.76. The van der Waals surface area contributed by atoms with Gasteiger partial charge in [-0.05, 0) is 30.9 Å². The highest BCUT2D eigenvalue weighted by Gasteiger charge is 2.22. The fourth-order valence-corrected chi connectivity index (χ4v) is 2.65. The van der Waals surface area contributed by atoms with Crippen LogP contribution in [0.3, 0.4) is 0 Å². The number of para-hydroxylation sites is 1. The third-order valence-corrected chi connectivity index (χ3v) is 3.89. The monoisotopic (exact) mass is 242 g/mol. The van der Waals surface area contributed by atoms with E-state index in [-0.39, 0.29) is 5.91 Å². The number of nitrogens with one attached hydrogen (secondary N) is 1. The van der Waals surface area contributed by atoms with Gasteiger partial charge in [0.25, 0.3) is 5.91 Å². The van der Waals surface area contributed by atoms with Crippen molar-refractivity contribution >= 4 is 16.8 Å². The van der Waals surface area contributed by atoms with Crippen LogP contribution in [0.5, 0.6) is 0 Å². The number of H-pyrrole nitrogens is 1. The molecule has 94 valence electrons. The third-order valence-electron chi connectivity index (χ3n) is 3.89. The lowest BCUT2D eigenvalue weighted by molar-refractivity contribution is 0.0699. The predicted octanol–water partition coefficient (Wildman–Crippen LogP) is 3.04. The molecule has 1 N–H and O–H groups in total. The molecule has 0 atom stereocenters. The summed E-state index contributed by atoms with van der Waals surface area (Å²) in [6.07, 6.45) is 4.12. The number of aromatic amines is 1. The number of rotatable bonds is 1. The van der Waals surface area contributed by atoms with Gasteiger partial charge in [0.2, 0.25) is 0 Å². The molecule has 1 aliphatic heterocycles. The molecule has 0 saturated carbocycles. The number of hydrogen-bond donors (Lipinski definition) is 1. The van der Waals surface area contributed by atoms with E-state index in [9.17, 15) is 4.79 Å². The summed E-state index contributed by atoms with van der Waals surface area (Å²) in [6, 6.07) is 7.90. The van der Waals surface area contributed by atoms with Crippen molar-refractivity contribution < 1.29 is 4.79 Å². The summed E-state index contributed by atoms with van der Waals surface area (Å²) in [6.45, 7) is 4.03. The van der Waals surface area contributed by atoms with Crippen molar-refractivity contribution in [1.29, 1.82) is 0 Å². The Labute approximate surface area is 107 Å². The second kappa shape index (κ2) is 4.48. The van der Waals surface area contributed by atoms with Crippen LogP contribution in [0.15, 0.2) is 30.5 Å². The number of carbonyl (C=O) groups is 1. The maximum absolute atomic E-state index is 12.5. The SMILES string of the molecule is CC1CCN(C(=O)c2cccc3cc[nH]c23)CC1. The van der Waals surface area contributed by atoms with E-state index < -0.39 is 0 Å². The molecule has 0 bridgehead atoms. The third kappa shape index (κ3) is 1.90. The van der Waals surface area contributed by atoms with Gasteiger partial charge in [-0.3, -0.25) is 4.79 Å². The molecule has 3 heteroatoms. The van der Waals surface area contributed by atoms with Crippen LogP contribution in [0.25, 0.3) is 10.9 Å². The van der Waals surface area contributed by atoms with E-state index in [1.165, 1.54) is 0 Å². The molecular weight excluding hydrogens is 224 g/mol. The molecule has 3 nitrogen and oxygen atoms in total. The molecule has 1 aliphatic rings. The van der Waals surface area contributed by atoms with E-state index in [1.54, 1.807) is 0 Å². The lowest BCUT2D eigenvalue weighted by Gasteiger charge is -2.30. The summed E-state index contributed by atoms with van der Waals surface area (Å²) in [5, 5.41) is 1.10. The van der Waals surface area contributed by atoms with E-state index >= 15 is 0 Å². The van der Waals surface area contributed by atoms with Crippen LogP contribution in [0.1, 0.15) is 30.1 Å². The van der Waals surface area contributed by atoms with E-state index in [1.807, 2.05) is 35.4 Å². The average molecular weight is 242 g/mol. The van der Waals surface area contributed by atoms with Crippen molar-refractivity contribution in [2.24, 2.45) is 5.92 Å². The number of nitrogens with zero attached hydrogens (tertiary/aromatic N) is 1. The number of piperidine rings is 1. The first-order valence-electron chi connectivity index (χ1n) is 6.61. The van der Waals surface area contributed by atoms with Gasteiger partial charge in [0.05, 0.1) is 11.1 Å².